The molecule has 2 heterocycles. The van der Waals surface area contributed by atoms with Gasteiger partial charge < -0.3 is 28.7 Å². The number of ether oxygens (including phenoxy) is 3. The average Bonchev–Trinajstić information content (AvgIpc) is 3.50. The number of fused-ring (bicyclic) bond motifs is 1. The van der Waals surface area contributed by atoms with Gasteiger partial charge in [0.2, 0.25) is 11.7 Å². The van der Waals surface area contributed by atoms with Crippen molar-refractivity contribution in [3.05, 3.63) is 71.5 Å². The molecule has 0 bridgehead atoms. The van der Waals surface area contributed by atoms with E-state index in [1.807, 2.05) is 0 Å². The molecule has 0 spiro atoms. The first-order valence-electron chi connectivity index (χ1n) is 16.7. The van der Waals surface area contributed by atoms with Gasteiger partial charge in [-0.25, -0.2) is 19.2 Å². The molecule has 16 nitrogen and oxygen atoms in total. The number of rotatable bonds is 13. The zero-order chi connectivity index (χ0) is 38.2. The van der Waals surface area contributed by atoms with Crippen molar-refractivity contribution in [2.24, 2.45) is 12.0 Å². The summed E-state index contributed by atoms with van der Waals surface area (Å²) in [4.78, 5) is 82.8. The number of esters is 1. The molecule has 52 heavy (non-hydrogen) atoms. The molecular formula is C36H45N5O11. The highest BCUT2D eigenvalue weighted by atomic mass is 17.2. The minimum Gasteiger partial charge on any atom is -0.490 e. The number of aryl methyl sites for hydroxylation is 1. The molecule has 1 aliphatic rings. The summed E-state index contributed by atoms with van der Waals surface area (Å²) in [6.07, 6.45) is -0.630. The van der Waals surface area contributed by atoms with Crippen LogP contribution in [0.3, 0.4) is 0 Å². The third-order valence-electron chi connectivity index (χ3n) is 7.09. The standard InChI is InChI=1S/C36H45N5O11/c1-9-47-31(44)28(50-41-29(42)25-13-10-11-14-26(25)30(41)43)22-48-24-17-15-23(16-18-24)27-21-40(20-12-19-37-33(45)49-35(2,3)4)32(39(27)8)38-34(46)51-52-36(5,6)7/h10-11,13-18,21,28H,9,12,19-20,22H2,1-8H3,(H,37,45)/b38-32+/t28-/m0/s1. The molecule has 16 heteroatoms. The van der Waals surface area contributed by atoms with Crippen molar-refractivity contribution in [2.75, 3.05) is 19.8 Å². The number of carbonyl (C=O) groups is 5. The Morgan fingerprint density at radius 2 is 1.54 bits per heavy atom. The molecule has 3 aromatic rings. The maximum Gasteiger partial charge on any atom is 0.468 e. The number of imidazole rings is 1. The second-order valence-electron chi connectivity index (χ2n) is 13.6. The van der Waals surface area contributed by atoms with Crippen molar-refractivity contribution in [2.45, 2.75) is 78.7 Å². The van der Waals surface area contributed by atoms with Gasteiger partial charge in [-0.2, -0.15) is 4.89 Å². The van der Waals surface area contributed by atoms with Gasteiger partial charge in [-0.3, -0.25) is 14.5 Å². The van der Waals surface area contributed by atoms with Crippen LogP contribution in [0.1, 0.15) is 75.6 Å². The SMILES string of the molecule is CCOC(=O)[C@H](COc1ccc(-c2cn(CCCNC(=O)OC(C)(C)C)/c(=N/C(=O)OOC(C)(C)C)n2C)cc1)ON1C(=O)c2ccccc2C1=O. The van der Waals surface area contributed by atoms with Crippen LogP contribution < -0.4 is 15.7 Å². The fraction of sp³-hybridized carbons (Fsp3) is 0.444. The fourth-order valence-electron chi connectivity index (χ4n) is 4.84. The largest absolute Gasteiger partial charge is 0.490 e. The van der Waals surface area contributed by atoms with E-state index in [4.69, 9.17) is 28.8 Å². The fourth-order valence-corrected chi connectivity index (χ4v) is 4.84. The molecule has 0 saturated carbocycles. The van der Waals surface area contributed by atoms with Crippen LogP contribution in [-0.4, -0.2) is 81.2 Å². The highest BCUT2D eigenvalue weighted by Crippen LogP contribution is 2.25. The molecule has 4 amide bonds. The van der Waals surface area contributed by atoms with Crippen LogP contribution in [0, 0.1) is 0 Å². The Morgan fingerprint density at radius 3 is 2.12 bits per heavy atom. The van der Waals surface area contributed by atoms with Crippen LogP contribution >= 0.6 is 0 Å². The number of imide groups is 1. The zero-order valence-corrected chi connectivity index (χ0v) is 30.6. The van der Waals surface area contributed by atoms with E-state index in [0.717, 1.165) is 5.56 Å². The van der Waals surface area contributed by atoms with Gasteiger partial charge in [0.25, 0.3) is 11.8 Å². The Kier molecular flexibility index (Phi) is 12.6. The Hall–Kier alpha value is -5.48. The molecule has 0 radical (unpaired) electrons. The molecule has 4 rings (SSSR count). The Morgan fingerprint density at radius 1 is 0.904 bits per heavy atom. The molecule has 1 N–H and O–H groups in total. The summed E-state index contributed by atoms with van der Waals surface area (Å²) in [6, 6.07) is 13.1. The van der Waals surface area contributed by atoms with E-state index < -0.39 is 47.3 Å². The Balaban J connectivity index is 1.50. The predicted octanol–water partition coefficient (Wildman–Crippen LogP) is 4.71. The summed E-state index contributed by atoms with van der Waals surface area (Å²) in [6.45, 7) is 12.5. The third-order valence-corrected chi connectivity index (χ3v) is 7.09. The van der Waals surface area contributed by atoms with Gasteiger partial charge in [0.15, 0.2) is 0 Å². The monoisotopic (exact) mass is 723 g/mol. The number of amides is 4. The van der Waals surface area contributed by atoms with Gasteiger partial charge in [-0.15, -0.1) is 10.1 Å². The minimum absolute atomic E-state index is 0.0437. The van der Waals surface area contributed by atoms with Gasteiger partial charge in [0.05, 0.1) is 23.4 Å². The number of nitrogens with one attached hydrogen (secondary N) is 1. The molecule has 0 saturated heterocycles. The first-order valence-corrected chi connectivity index (χ1v) is 16.7. The number of hydrogen-bond donors (Lipinski definition) is 1. The van der Waals surface area contributed by atoms with E-state index in [1.165, 1.54) is 12.1 Å². The summed E-state index contributed by atoms with van der Waals surface area (Å²) in [5.74, 6) is -1.85. The lowest BCUT2D eigenvalue weighted by Gasteiger charge is -2.21. The lowest BCUT2D eigenvalue weighted by atomic mass is 10.1. The molecule has 1 atom stereocenters. The third kappa shape index (κ3) is 10.5. The van der Waals surface area contributed by atoms with Gasteiger partial charge in [-0.1, -0.05) is 12.1 Å². The molecule has 1 aromatic heterocycles. The normalized spacial score (nSPS) is 13.8. The molecule has 0 aliphatic carbocycles. The number of carbonyl (C=O) groups excluding carboxylic acids is 5. The lowest BCUT2D eigenvalue weighted by molar-refractivity contribution is -0.298. The maximum atomic E-state index is 12.8. The van der Waals surface area contributed by atoms with E-state index >= 15 is 0 Å². The van der Waals surface area contributed by atoms with Crippen molar-refractivity contribution in [3.8, 4) is 17.0 Å². The quantitative estimate of drug-likeness (QED) is 0.0849. The summed E-state index contributed by atoms with van der Waals surface area (Å²) in [7, 11) is 1.73. The van der Waals surface area contributed by atoms with E-state index in [9.17, 15) is 24.0 Å². The van der Waals surface area contributed by atoms with E-state index in [-0.39, 0.29) is 30.0 Å². The van der Waals surface area contributed by atoms with Crippen LogP contribution in [0.2, 0.25) is 0 Å². The molecule has 1 aliphatic heterocycles. The summed E-state index contributed by atoms with van der Waals surface area (Å²) in [5.41, 5.74) is 0.614. The van der Waals surface area contributed by atoms with Crippen LogP contribution in [0.15, 0.2) is 59.7 Å². The number of alkyl carbamates (subject to hydrolysis) is 1. The summed E-state index contributed by atoms with van der Waals surface area (Å²) in [5, 5.41) is 3.26. The lowest BCUT2D eigenvalue weighted by Crippen LogP contribution is -2.42. The summed E-state index contributed by atoms with van der Waals surface area (Å²) >= 11 is 0. The number of aromatic nitrogens is 2. The van der Waals surface area contributed by atoms with Gasteiger partial charge >= 0.3 is 18.2 Å². The van der Waals surface area contributed by atoms with Crippen LogP contribution in [0.25, 0.3) is 11.3 Å². The van der Waals surface area contributed by atoms with E-state index in [2.05, 4.69) is 10.3 Å². The van der Waals surface area contributed by atoms with E-state index in [0.29, 0.717) is 36.0 Å². The molecule has 280 valence electrons. The van der Waals surface area contributed by atoms with Crippen molar-refractivity contribution < 1.29 is 52.8 Å². The second-order valence-corrected chi connectivity index (χ2v) is 13.6. The van der Waals surface area contributed by atoms with Crippen LogP contribution in [-0.2, 0) is 42.5 Å². The van der Waals surface area contributed by atoms with Crippen molar-refractivity contribution in [3.63, 3.8) is 0 Å². The number of hydrogen-bond acceptors (Lipinski definition) is 11. The molecule has 0 fully saturated rings. The number of nitrogens with zero attached hydrogens (tertiary/aromatic N) is 4. The average molecular weight is 724 g/mol. The van der Waals surface area contributed by atoms with Gasteiger partial charge in [-0.05, 0) is 96.8 Å². The van der Waals surface area contributed by atoms with Crippen molar-refractivity contribution >= 4 is 30.0 Å². The number of benzene rings is 2. The molecular weight excluding hydrogens is 678 g/mol. The predicted molar refractivity (Wildman–Crippen MR) is 185 cm³/mol. The van der Waals surface area contributed by atoms with Gasteiger partial charge in [0, 0.05) is 26.3 Å². The molecule has 2 aromatic carbocycles. The van der Waals surface area contributed by atoms with Crippen LogP contribution in [0.4, 0.5) is 9.59 Å². The highest BCUT2D eigenvalue weighted by Gasteiger charge is 2.40. The zero-order valence-electron chi connectivity index (χ0n) is 30.6. The van der Waals surface area contributed by atoms with Crippen molar-refractivity contribution in [1.29, 1.82) is 0 Å². The minimum atomic E-state index is -1.43. The van der Waals surface area contributed by atoms with Crippen LogP contribution in [0.5, 0.6) is 5.75 Å². The second kappa shape index (κ2) is 16.7. The molecule has 0 unspecified atom stereocenters. The topological polar surface area (TPSA) is 178 Å². The summed E-state index contributed by atoms with van der Waals surface area (Å²) < 4.78 is 19.7. The highest BCUT2D eigenvalue weighted by molar-refractivity contribution is 6.20. The van der Waals surface area contributed by atoms with Crippen molar-refractivity contribution in [1.82, 2.24) is 19.5 Å². The Bertz CT molecular complexity index is 1810. The van der Waals surface area contributed by atoms with E-state index in [1.54, 1.807) is 107 Å². The maximum absolute atomic E-state index is 12.8. The smallest absolute Gasteiger partial charge is 0.468 e. The first kappa shape index (κ1) is 39.3. The number of hydroxylamine groups is 2. The van der Waals surface area contributed by atoms with Gasteiger partial charge in [0.1, 0.15) is 23.6 Å². The first-order chi connectivity index (χ1) is 24.5. The Labute approximate surface area is 301 Å².